The number of hydrogen-bond acceptors (Lipinski definition) is 4. The number of benzene rings is 2. The Morgan fingerprint density at radius 1 is 1.00 bits per heavy atom. The van der Waals surface area contributed by atoms with Gasteiger partial charge in [0, 0.05) is 25.2 Å². The molecule has 3 N–H and O–H groups in total. The van der Waals surface area contributed by atoms with E-state index in [1.165, 1.54) is 0 Å². The molecule has 0 radical (unpaired) electrons. The number of carbonyl (C=O) groups excluding carboxylic acids is 2. The van der Waals surface area contributed by atoms with Gasteiger partial charge in [0.2, 0.25) is 5.91 Å². The Bertz CT molecular complexity index is 974. The smallest absolute Gasteiger partial charge is 0.326 e. The normalized spacial score (nSPS) is 19.8. The Kier molecular flexibility index (Phi) is 9.47. The fraction of sp³-hybridized carbons (Fsp3) is 0.423. The summed E-state index contributed by atoms with van der Waals surface area (Å²) in [4.78, 5) is 36.9. The average molecular weight is 502 g/mol. The van der Waals surface area contributed by atoms with Gasteiger partial charge in [-0.1, -0.05) is 68.4 Å². The zero-order valence-electron chi connectivity index (χ0n) is 19.6. The van der Waals surface area contributed by atoms with Crippen molar-refractivity contribution >= 4 is 41.5 Å². The lowest BCUT2D eigenvalue weighted by atomic mass is 9.98. The van der Waals surface area contributed by atoms with Crippen LogP contribution in [0.4, 0.5) is 0 Å². The van der Waals surface area contributed by atoms with E-state index in [4.69, 9.17) is 0 Å². The molecule has 182 valence electrons. The first-order valence-electron chi connectivity index (χ1n) is 11.6. The van der Waals surface area contributed by atoms with Crippen molar-refractivity contribution in [3.63, 3.8) is 0 Å². The van der Waals surface area contributed by atoms with Gasteiger partial charge in [0.05, 0.1) is 5.25 Å². The van der Waals surface area contributed by atoms with E-state index >= 15 is 0 Å². The van der Waals surface area contributed by atoms with Crippen LogP contribution >= 0.6 is 12.6 Å². The SMILES string of the molecule is CC(C)C(S)C(=O)N[S+]1CCC(C(=O)NC(Cc2ccc(-c3ccccc3)cc2)C(=O)O)CC1. The van der Waals surface area contributed by atoms with Gasteiger partial charge in [0.25, 0.3) is 5.91 Å². The largest absolute Gasteiger partial charge is 0.480 e. The van der Waals surface area contributed by atoms with Crippen LogP contribution in [0.1, 0.15) is 32.3 Å². The van der Waals surface area contributed by atoms with Crippen LogP contribution in [0.3, 0.4) is 0 Å². The van der Waals surface area contributed by atoms with Crippen molar-refractivity contribution in [1.29, 1.82) is 0 Å². The number of carboxylic acids is 1. The van der Waals surface area contributed by atoms with Gasteiger partial charge in [0.1, 0.15) is 28.6 Å². The molecule has 2 atom stereocenters. The second kappa shape index (κ2) is 12.3. The zero-order valence-corrected chi connectivity index (χ0v) is 21.3. The molecule has 1 heterocycles. The third kappa shape index (κ3) is 7.27. The minimum absolute atomic E-state index is 0.0613. The molecule has 3 rings (SSSR count). The number of thiol groups is 1. The molecule has 0 spiro atoms. The Labute approximate surface area is 209 Å². The summed E-state index contributed by atoms with van der Waals surface area (Å²) in [6, 6.07) is 16.7. The van der Waals surface area contributed by atoms with Gasteiger partial charge < -0.3 is 10.4 Å². The zero-order chi connectivity index (χ0) is 24.7. The van der Waals surface area contributed by atoms with Gasteiger partial charge in [-0.05, 0) is 22.6 Å². The molecule has 2 aromatic rings. The van der Waals surface area contributed by atoms with Crippen molar-refractivity contribution in [2.45, 2.75) is 44.4 Å². The summed E-state index contributed by atoms with van der Waals surface area (Å²) in [6.45, 7) is 3.91. The van der Waals surface area contributed by atoms with Crippen molar-refractivity contribution in [1.82, 2.24) is 10.0 Å². The number of carbonyl (C=O) groups is 3. The topological polar surface area (TPSA) is 95.5 Å². The van der Waals surface area contributed by atoms with Crippen LogP contribution in [0.15, 0.2) is 54.6 Å². The molecule has 1 fully saturated rings. The van der Waals surface area contributed by atoms with E-state index in [1.807, 2.05) is 68.4 Å². The third-order valence-corrected chi connectivity index (χ3v) is 8.83. The van der Waals surface area contributed by atoms with E-state index in [0.717, 1.165) is 28.2 Å². The summed E-state index contributed by atoms with van der Waals surface area (Å²) < 4.78 is 3.05. The molecule has 2 aromatic carbocycles. The molecule has 1 aliphatic rings. The molecular formula is C26H33N2O4S2+. The van der Waals surface area contributed by atoms with E-state index in [1.54, 1.807) is 0 Å². The van der Waals surface area contributed by atoms with Gasteiger partial charge in [-0.15, -0.1) is 0 Å². The third-order valence-electron chi connectivity index (χ3n) is 6.06. The van der Waals surface area contributed by atoms with E-state index < -0.39 is 12.0 Å². The fourth-order valence-electron chi connectivity index (χ4n) is 3.87. The minimum atomic E-state index is -1.04. The van der Waals surface area contributed by atoms with Crippen molar-refractivity contribution in [3.05, 3.63) is 60.2 Å². The first-order chi connectivity index (χ1) is 16.2. The van der Waals surface area contributed by atoms with E-state index in [2.05, 4.69) is 22.7 Å². The van der Waals surface area contributed by atoms with Gasteiger partial charge in [-0.2, -0.15) is 17.4 Å². The van der Waals surface area contributed by atoms with Crippen LogP contribution in [-0.4, -0.2) is 45.7 Å². The van der Waals surface area contributed by atoms with Crippen LogP contribution in [0.5, 0.6) is 0 Å². The summed E-state index contributed by atoms with van der Waals surface area (Å²) in [5, 5.41) is 12.1. The molecule has 8 heteroatoms. The fourth-order valence-corrected chi connectivity index (χ4v) is 5.98. The summed E-state index contributed by atoms with van der Waals surface area (Å²) in [5.74, 6) is 0.0303. The number of hydrogen-bond donors (Lipinski definition) is 4. The number of carboxylic acid groups (broad SMARTS) is 1. The Hall–Kier alpha value is -2.45. The van der Waals surface area contributed by atoms with Crippen molar-refractivity contribution in [2.75, 3.05) is 11.5 Å². The molecule has 0 saturated carbocycles. The number of nitrogens with one attached hydrogen (secondary N) is 2. The molecule has 0 aromatic heterocycles. The monoisotopic (exact) mass is 501 g/mol. The highest BCUT2D eigenvalue weighted by Gasteiger charge is 2.36. The Balaban J connectivity index is 1.51. The average Bonchev–Trinajstić information content (AvgIpc) is 2.84. The molecule has 0 bridgehead atoms. The van der Waals surface area contributed by atoms with Crippen LogP contribution < -0.4 is 10.0 Å². The maximum absolute atomic E-state index is 12.8. The lowest BCUT2D eigenvalue weighted by Gasteiger charge is -2.24. The van der Waals surface area contributed by atoms with Crippen LogP contribution in [0.2, 0.25) is 0 Å². The lowest BCUT2D eigenvalue weighted by Crippen LogP contribution is -2.48. The summed E-state index contributed by atoms with van der Waals surface area (Å²) in [5.41, 5.74) is 3.01. The predicted octanol–water partition coefficient (Wildman–Crippen LogP) is 3.48. The molecule has 1 aliphatic heterocycles. The maximum atomic E-state index is 12.8. The van der Waals surface area contributed by atoms with Gasteiger partial charge in [-0.25, -0.2) is 4.79 Å². The van der Waals surface area contributed by atoms with Gasteiger partial charge in [-0.3, -0.25) is 9.59 Å². The Morgan fingerprint density at radius 3 is 2.15 bits per heavy atom. The highest BCUT2D eigenvalue weighted by Crippen LogP contribution is 2.22. The highest BCUT2D eigenvalue weighted by molar-refractivity contribution is 7.95. The first-order valence-corrected chi connectivity index (χ1v) is 13.7. The molecule has 0 aliphatic carbocycles. The summed E-state index contributed by atoms with van der Waals surface area (Å²) >= 11 is 4.10. The van der Waals surface area contributed by atoms with Gasteiger partial charge >= 0.3 is 5.97 Å². The number of rotatable bonds is 9. The van der Waals surface area contributed by atoms with Crippen molar-refractivity contribution < 1.29 is 19.5 Å². The maximum Gasteiger partial charge on any atom is 0.326 e. The molecule has 2 unspecified atom stereocenters. The second-order valence-electron chi connectivity index (χ2n) is 9.00. The highest BCUT2D eigenvalue weighted by atomic mass is 32.2. The van der Waals surface area contributed by atoms with Crippen LogP contribution in [-0.2, 0) is 31.9 Å². The second-order valence-corrected chi connectivity index (χ2v) is 11.6. The molecular weight excluding hydrogens is 468 g/mol. The summed E-state index contributed by atoms with van der Waals surface area (Å²) in [6.07, 6.45) is 1.49. The first kappa shape index (κ1) is 26.2. The van der Waals surface area contributed by atoms with Crippen LogP contribution in [0, 0.1) is 11.8 Å². The Morgan fingerprint density at radius 2 is 1.59 bits per heavy atom. The number of aliphatic carboxylic acids is 1. The standard InChI is InChI=1S/C26H32N2O4S2/c1-17(2)23(33)25(30)28-34-14-12-21(13-15-34)24(29)27-22(26(31)32)16-18-8-10-20(11-9-18)19-6-4-3-5-7-19/h3-11,17,21-23H,12-16H2,1-2H3,(H3-,27,28,29,30,31,32,33)/p+1. The lowest BCUT2D eigenvalue weighted by molar-refractivity contribution is -0.142. The van der Waals surface area contributed by atoms with E-state index in [0.29, 0.717) is 12.8 Å². The van der Waals surface area contributed by atoms with Crippen LogP contribution in [0.25, 0.3) is 11.1 Å². The molecule has 34 heavy (non-hydrogen) atoms. The van der Waals surface area contributed by atoms with Crippen molar-refractivity contribution in [3.8, 4) is 11.1 Å². The number of amides is 2. The van der Waals surface area contributed by atoms with Gasteiger partial charge in [0.15, 0.2) is 0 Å². The minimum Gasteiger partial charge on any atom is -0.480 e. The molecule has 2 amide bonds. The molecule has 1 saturated heterocycles. The summed E-state index contributed by atoms with van der Waals surface area (Å²) in [7, 11) is 0. The van der Waals surface area contributed by atoms with E-state index in [-0.39, 0.29) is 46.4 Å². The molecule has 6 nitrogen and oxygen atoms in total. The quantitative estimate of drug-likeness (QED) is 0.313. The predicted molar refractivity (Wildman–Crippen MR) is 141 cm³/mol. The van der Waals surface area contributed by atoms with Crippen molar-refractivity contribution in [2.24, 2.45) is 11.8 Å². The van der Waals surface area contributed by atoms with E-state index in [9.17, 15) is 19.5 Å².